The van der Waals surface area contributed by atoms with Gasteiger partial charge in [-0.15, -0.1) is 0 Å². The van der Waals surface area contributed by atoms with Crippen LogP contribution in [-0.2, 0) is 4.74 Å². The molecule has 0 radical (unpaired) electrons. The van der Waals surface area contributed by atoms with Crippen LogP contribution in [0.4, 0.5) is 0 Å². The molecule has 0 aliphatic heterocycles. The lowest BCUT2D eigenvalue weighted by Gasteiger charge is -2.10. The third-order valence-electron chi connectivity index (χ3n) is 1.63. The quantitative estimate of drug-likeness (QED) is 0.644. The van der Waals surface area contributed by atoms with E-state index in [0.717, 1.165) is 12.1 Å². The molecule has 82 valence electrons. The first-order chi connectivity index (χ1) is 6.91. The molecule has 0 amide bonds. The van der Waals surface area contributed by atoms with Crippen LogP contribution >= 0.6 is 0 Å². The molecule has 0 atom stereocenters. The minimum Gasteiger partial charge on any atom is -0.508 e. The van der Waals surface area contributed by atoms with Gasteiger partial charge in [-0.05, 0) is 13.8 Å². The molecule has 0 heterocycles. The van der Waals surface area contributed by atoms with E-state index >= 15 is 0 Å². The van der Waals surface area contributed by atoms with E-state index in [1.165, 1.54) is 0 Å². The van der Waals surface area contributed by atoms with E-state index in [9.17, 15) is 15.0 Å². The van der Waals surface area contributed by atoms with Crippen LogP contribution < -0.4 is 0 Å². The maximum absolute atomic E-state index is 11.4. The minimum atomic E-state index is -0.833. The largest absolute Gasteiger partial charge is 0.508 e. The van der Waals surface area contributed by atoms with E-state index in [0.29, 0.717) is 0 Å². The minimum absolute atomic E-state index is 0.328. The molecule has 0 aromatic heterocycles. The van der Waals surface area contributed by atoms with E-state index in [4.69, 9.17) is 9.84 Å². The molecule has 0 aliphatic carbocycles. The summed E-state index contributed by atoms with van der Waals surface area (Å²) in [5.74, 6) is -2.19. The number of hydrogen-bond donors (Lipinski definition) is 3. The number of aromatic hydroxyl groups is 3. The number of carbonyl (C=O) groups excluding carboxylic acids is 1. The molecule has 0 unspecified atom stereocenters. The lowest BCUT2D eigenvalue weighted by atomic mass is 10.1. The van der Waals surface area contributed by atoms with Crippen LogP contribution in [0.1, 0.15) is 24.2 Å². The number of carbonyl (C=O) groups is 1. The molecule has 5 heteroatoms. The molecule has 15 heavy (non-hydrogen) atoms. The Bertz CT molecular complexity index is 360. The highest BCUT2D eigenvalue weighted by atomic mass is 16.5. The van der Waals surface area contributed by atoms with E-state index in [2.05, 4.69) is 0 Å². The smallest absolute Gasteiger partial charge is 0.345 e. The maximum Gasteiger partial charge on any atom is 0.345 e. The van der Waals surface area contributed by atoms with Gasteiger partial charge in [0.15, 0.2) is 0 Å². The predicted octanol–water partition coefficient (Wildman–Crippen LogP) is 1.37. The summed E-state index contributed by atoms with van der Waals surface area (Å²) in [5.41, 5.74) is -0.346. The van der Waals surface area contributed by atoms with Crippen molar-refractivity contribution < 1.29 is 24.9 Å². The van der Waals surface area contributed by atoms with E-state index in [1.54, 1.807) is 13.8 Å². The Morgan fingerprint density at radius 1 is 1.20 bits per heavy atom. The molecule has 0 aliphatic rings. The number of benzene rings is 1. The molecule has 1 rings (SSSR count). The monoisotopic (exact) mass is 212 g/mol. The Balaban J connectivity index is 3.09. The van der Waals surface area contributed by atoms with Gasteiger partial charge in [-0.25, -0.2) is 4.79 Å². The Labute approximate surface area is 86.5 Å². The van der Waals surface area contributed by atoms with E-state index in [1.807, 2.05) is 0 Å². The van der Waals surface area contributed by atoms with Crippen molar-refractivity contribution >= 4 is 5.97 Å². The van der Waals surface area contributed by atoms with Crippen LogP contribution in [0.2, 0.25) is 0 Å². The van der Waals surface area contributed by atoms with Gasteiger partial charge in [0.1, 0.15) is 22.8 Å². The van der Waals surface area contributed by atoms with Crippen LogP contribution in [0.15, 0.2) is 12.1 Å². The van der Waals surface area contributed by atoms with Gasteiger partial charge in [-0.1, -0.05) is 0 Å². The fourth-order valence-electron chi connectivity index (χ4n) is 1.08. The summed E-state index contributed by atoms with van der Waals surface area (Å²) in [6, 6.07) is 1.91. The second kappa shape index (κ2) is 4.08. The first-order valence-electron chi connectivity index (χ1n) is 4.37. The van der Waals surface area contributed by atoms with E-state index < -0.39 is 17.5 Å². The number of rotatable bonds is 2. The Morgan fingerprint density at radius 3 is 2.07 bits per heavy atom. The summed E-state index contributed by atoms with van der Waals surface area (Å²) in [4.78, 5) is 11.4. The van der Waals surface area contributed by atoms with Crippen molar-refractivity contribution in [2.24, 2.45) is 0 Å². The van der Waals surface area contributed by atoms with Gasteiger partial charge >= 0.3 is 5.97 Å². The third-order valence-corrected chi connectivity index (χ3v) is 1.63. The SMILES string of the molecule is CC(C)OC(=O)c1c(O)cc(O)cc1O. The van der Waals surface area contributed by atoms with Crippen LogP contribution in [0.5, 0.6) is 17.2 Å². The van der Waals surface area contributed by atoms with Crippen LogP contribution in [0, 0.1) is 0 Å². The van der Waals surface area contributed by atoms with E-state index in [-0.39, 0.29) is 17.4 Å². The summed E-state index contributed by atoms with van der Waals surface area (Å²) >= 11 is 0. The van der Waals surface area contributed by atoms with Gasteiger partial charge in [-0.2, -0.15) is 0 Å². The third kappa shape index (κ3) is 2.52. The zero-order valence-electron chi connectivity index (χ0n) is 8.39. The molecule has 0 fully saturated rings. The zero-order chi connectivity index (χ0) is 11.6. The van der Waals surface area contributed by atoms with Crippen molar-refractivity contribution in [3.63, 3.8) is 0 Å². The first-order valence-corrected chi connectivity index (χ1v) is 4.37. The molecular weight excluding hydrogens is 200 g/mol. The standard InChI is InChI=1S/C10H12O5/c1-5(2)15-10(14)9-7(12)3-6(11)4-8(9)13/h3-5,11-13H,1-2H3. The Hall–Kier alpha value is -1.91. The fraction of sp³-hybridized carbons (Fsp3) is 0.300. The number of esters is 1. The van der Waals surface area contributed by atoms with Gasteiger partial charge in [0.25, 0.3) is 0 Å². The second-order valence-corrected chi connectivity index (χ2v) is 3.31. The molecule has 0 bridgehead atoms. The Kier molecular flexibility index (Phi) is 3.04. The van der Waals surface area contributed by atoms with Gasteiger partial charge in [0.05, 0.1) is 6.10 Å². The normalized spacial score (nSPS) is 10.3. The fourth-order valence-corrected chi connectivity index (χ4v) is 1.08. The summed E-state index contributed by atoms with van der Waals surface area (Å²) in [6.07, 6.45) is -0.356. The van der Waals surface area contributed by atoms with Crippen molar-refractivity contribution in [1.29, 1.82) is 0 Å². The van der Waals surface area contributed by atoms with Crippen molar-refractivity contribution in [3.8, 4) is 17.2 Å². The van der Waals surface area contributed by atoms with Crippen molar-refractivity contribution in [1.82, 2.24) is 0 Å². The van der Waals surface area contributed by atoms with Gasteiger partial charge in [0.2, 0.25) is 0 Å². The van der Waals surface area contributed by atoms with Gasteiger partial charge < -0.3 is 20.1 Å². The molecule has 3 N–H and O–H groups in total. The van der Waals surface area contributed by atoms with Crippen molar-refractivity contribution in [2.45, 2.75) is 20.0 Å². The van der Waals surface area contributed by atoms with Gasteiger partial charge in [-0.3, -0.25) is 0 Å². The summed E-state index contributed by atoms with van der Waals surface area (Å²) in [7, 11) is 0. The number of hydrogen-bond acceptors (Lipinski definition) is 5. The molecule has 5 nitrogen and oxygen atoms in total. The highest BCUT2D eigenvalue weighted by Gasteiger charge is 2.19. The molecule has 0 saturated carbocycles. The number of phenols is 3. The highest BCUT2D eigenvalue weighted by molar-refractivity contribution is 5.95. The first kappa shape index (κ1) is 11.2. The predicted molar refractivity (Wildman–Crippen MR) is 52.0 cm³/mol. The zero-order valence-corrected chi connectivity index (χ0v) is 8.39. The average molecular weight is 212 g/mol. The van der Waals surface area contributed by atoms with Gasteiger partial charge in [0, 0.05) is 12.1 Å². The summed E-state index contributed by atoms with van der Waals surface area (Å²) in [6.45, 7) is 3.29. The molecule has 0 saturated heterocycles. The van der Waals surface area contributed by atoms with Crippen LogP contribution in [-0.4, -0.2) is 27.4 Å². The molecule has 1 aromatic rings. The maximum atomic E-state index is 11.4. The van der Waals surface area contributed by atoms with Crippen LogP contribution in [0.3, 0.4) is 0 Å². The second-order valence-electron chi connectivity index (χ2n) is 3.31. The lowest BCUT2D eigenvalue weighted by molar-refractivity contribution is 0.0371. The lowest BCUT2D eigenvalue weighted by Crippen LogP contribution is -2.11. The summed E-state index contributed by atoms with van der Waals surface area (Å²) in [5, 5.41) is 27.7. The molecule has 0 spiro atoms. The average Bonchev–Trinajstić information content (AvgIpc) is 1.99. The van der Waals surface area contributed by atoms with Crippen molar-refractivity contribution in [3.05, 3.63) is 17.7 Å². The summed E-state index contributed by atoms with van der Waals surface area (Å²) < 4.78 is 4.80. The number of phenolic OH excluding ortho intramolecular Hbond substituents is 3. The topological polar surface area (TPSA) is 87.0 Å². The van der Waals surface area contributed by atoms with Crippen molar-refractivity contribution in [2.75, 3.05) is 0 Å². The molecule has 1 aromatic carbocycles. The number of ether oxygens (including phenoxy) is 1. The highest BCUT2D eigenvalue weighted by Crippen LogP contribution is 2.32. The Morgan fingerprint density at radius 2 is 1.67 bits per heavy atom. The molecular formula is C10H12O5. The van der Waals surface area contributed by atoms with Crippen LogP contribution in [0.25, 0.3) is 0 Å².